The first-order valence-corrected chi connectivity index (χ1v) is 8.26. The number of aryl methyl sites for hydroxylation is 1. The molecule has 1 aliphatic heterocycles. The summed E-state index contributed by atoms with van der Waals surface area (Å²) in [7, 11) is 0. The molecule has 1 saturated heterocycles. The van der Waals surface area contributed by atoms with Crippen molar-refractivity contribution < 1.29 is 14.6 Å². The molecule has 23 heavy (non-hydrogen) atoms. The molecule has 1 unspecified atom stereocenters. The van der Waals surface area contributed by atoms with Crippen LogP contribution in [0.15, 0.2) is 18.2 Å². The molecule has 0 radical (unpaired) electrons. The van der Waals surface area contributed by atoms with Crippen molar-refractivity contribution in [1.82, 2.24) is 4.90 Å². The number of piperidine rings is 1. The minimum atomic E-state index is -0.453. The molecule has 2 rings (SSSR count). The third kappa shape index (κ3) is 5.34. The molecular formula is C18H28N2O3. The standard InChI is InChI=1S/C18H28N2O3/c1-13-10-15(21)7-8-16(13)19-11-14-6-5-9-20(12-14)17(22)23-18(2,3)4/h7-8,10,14,19,21H,5-6,9,11-12H2,1-4H3. The molecule has 1 atom stereocenters. The number of likely N-dealkylation sites (tertiary alicyclic amines) is 1. The maximum absolute atomic E-state index is 12.2. The second kappa shape index (κ2) is 7.11. The van der Waals surface area contributed by atoms with Gasteiger partial charge in [0.05, 0.1) is 0 Å². The third-order valence-corrected chi connectivity index (χ3v) is 3.96. The predicted molar refractivity (Wildman–Crippen MR) is 91.9 cm³/mol. The van der Waals surface area contributed by atoms with E-state index in [1.807, 2.05) is 38.7 Å². The summed E-state index contributed by atoms with van der Waals surface area (Å²) < 4.78 is 5.46. The SMILES string of the molecule is Cc1cc(O)ccc1NCC1CCCN(C(=O)OC(C)(C)C)C1. The Bertz CT molecular complexity index is 552. The van der Waals surface area contributed by atoms with Crippen LogP contribution in [0.25, 0.3) is 0 Å². The molecule has 0 bridgehead atoms. The van der Waals surface area contributed by atoms with Gasteiger partial charge in [-0.05, 0) is 70.2 Å². The van der Waals surface area contributed by atoms with Crippen molar-refractivity contribution in [1.29, 1.82) is 0 Å². The maximum atomic E-state index is 12.2. The number of carbonyl (C=O) groups is 1. The number of rotatable bonds is 3. The highest BCUT2D eigenvalue weighted by molar-refractivity contribution is 5.68. The minimum Gasteiger partial charge on any atom is -0.508 e. The third-order valence-electron chi connectivity index (χ3n) is 3.96. The van der Waals surface area contributed by atoms with Crippen LogP contribution in [0.2, 0.25) is 0 Å². The Kier molecular flexibility index (Phi) is 5.39. The zero-order chi connectivity index (χ0) is 17.0. The lowest BCUT2D eigenvalue weighted by atomic mass is 9.98. The van der Waals surface area contributed by atoms with E-state index in [1.54, 1.807) is 12.1 Å². The Balaban J connectivity index is 1.87. The number of carbonyl (C=O) groups excluding carboxylic acids is 1. The van der Waals surface area contributed by atoms with Gasteiger partial charge >= 0.3 is 6.09 Å². The van der Waals surface area contributed by atoms with Crippen molar-refractivity contribution in [2.45, 2.75) is 46.1 Å². The average molecular weight is 320 g/mol. The van der Waals surface area contributed by atoms with Gasteiger partial charge in [0.2, 0.25) is 0 Å². The molecule has 0 aromatic heterocycles. The fraction of sp³-hybridized carbons (Fsp3) is 0.611. The summed E-state index contributed by atoms with van der Waals surface area (Å²) in [6, 6.07) is 5.32. The van der Waals surface area contributed by atoms with Crippen LogP contribution in [0, 0.1) is 12.8 Å². The highest BCUT2D eigenvalue weighted by Gasteiger charge is 2.27. The number of phenolic OH excluding ortho intramolecular Hbond substituents is 1. The van der Waals surface area contributed by atoms with E-state index in [0.29, 0.717) is 5.92 Å². The molecule has 1 aliphatic rings. The molecule has 1 aromatic carbocycles. The molecule has 2 N–H and O–H groups in total. The van der Waals surface area contributed by atoms with Gasteiger partial charge < -0.3 is 20.1 Å². The van der Waals surface area contributed by atoms with E-state index in [2.05, 4.69) is 5.32 Å². The highest BCUT2D eigenvalue weighted by atomic mass is 16.6. The molecule has 128 valence electrons. The van der Waals surface area contributed by atoms with Crippen LogP contribution in [0.4, 0.5) is 10.5 Å². The van der Waals surface area contributed by atoms with E-state index in [1.165, 1.54) is 0 Å². The van der Waals surface area contributed by atoms with Crippen molar-refractivity contribution in [3.05, 3.63) is 23.8 Å². The summed E-state index contributed by atoms with van der Waals surface area (Å²) >= 11 is 0. The smallest absolute Gasteiger partial charge is 0.410 e. The molecule has 1 aromatic rings. The van der Waals surface area contributed by atoms with Gasteiger partial charge in [-0.1, -0.05) is 0 Å². The number of hydrogen-bond donors (Lipinski definition) is 2. The molecule has 0 saturated carbocycles. The highest BCUT2D eigenvalue weighted by Crippen LogP contribution is 2.23. The lowest BCUT2D eigenvalue weighted by molar-refractivity contribution is 0.0172. The monoisotopic (exact) mass is 320 g/mol. The van der Waals surface area contributed by atoms with E-state index >= 15 is 0 Å². The zero-order valence-electron chi connectivity index (χ0n) is 14.6. The average Bonchev–Trinajstić information content (AvgIpc) is 2.45. The second-order valence-electron chi connectivity index (χ2n) is 7.31. The number of nitrogens with zero attached hydrogens (tertiary/aromatic N) is 1. The van der Waals surface area contributed by atoms with Crippen LogP contribution in [0.3, 0.4) is 0 Å². The molecule has 1 fully saturated rings. The van der Waals surface area contributed by atoms with E-state index in [0.717, 1.165) is 43.7 Å². The van der Waals surface area contributed by atoms with Gasteiger partial charge in [-0.3, -0.25) is 0 Å². The predicted octanol–water partition coefficient (Wildman–Crippen LogP) is 3.76. The molecule has 5 nitrogen and oxygen atoms in total. The Labute approximate surface area is 138 Å². The Hall–Kier alpha value is -1.91. The normalized spacial score (nSPS) is 18.6. The Morgan fingerprint density at radius 1 is 1.43 bits per heavy atom. The summed E-state index contributed by atoms with van der Waals surface area (Å²) in [5.74, 6) is 0.686. The first-order valence-electron chi connectivity index (χ1n) is 8.26. The van der Waals surface area contributed by atoms with Crippen molar-refractivity contribution >= 4 is 11.8 Å². The summed E-state index contributed by atoms with van der Waals surface area (Å²) in [5, 5.41) is 12.9. The summed E-state index contributed by atoms with van der Waals surface area (Å²) in [6.45, 7) is 9.94. The van der Waals surface area contributed by atoms with Gasteiger partial charge in [0.25, 0.3) is 0 Å². The van der Waals surface area contributed by atoms with Crippen molar-refractivity contribution in [2.75, 3.05) is 25.0 Å². The van der Waals surface area contributed by atoms with E-state index < -0.39 is 5.60 Å². The van der Waals surface area contributed by atoms with Crippen molar-refractivity contribution in [3.8, 4) is 5.75 Å². The first kappa shape index (κ1) is 17.4. The lowest BCUT2D eigenvalue weighted by Gasteiger charge is -2.34. The van der Waals surface area contributed by atoms with Gasteiger partial charge in [0, 0.05) is 25.3 Å². The number of aromatic hydroxyl groups is 1. The molecule has 1 amide bonds. The number of ether oxygens (including phenoxy) is 1. The number of benzene rings is 1. The van der Waals surface area contributed by atoms with Crippen molar-refractivity contribution in [2.24, 2.45) is 5.92 Å². The fourth-order valence-corrected chi connectivity index (χ4v) is 2.82. The molecule has 1 heterocycles. The number of nitrogens with one attached hydrogen (secondary N) is 1. The summed E-state index contributed by atoms with van der Waals surface area (Å²) in [4.78, 5) is 14.0. The number of hydrogen-bond acceptors (Lipinski definition) is 4. The maximum Gasteiger partial charge on any atom is 0.410 e. The zero-order valence-corrected chi connectivity index (χ0v) is 14.6. The van der Waals surface area contributed by atoms with Gasteiger partial charge in [-0.15, -0.1) is 0 Å². The lowest BCUT2D eigenvalue weighted by Crippen LogP contribution is -2.44. The van der Waals surface area contributed by atoms with Gasteiger partial charge in [0.15, 0.2) is 0 Å². The van der Waals surface area contributed by atoms with Gasteiger partial charge in [-0.25, -0.2) is 4.79 Å². The fourth-order valence-electron chi connectivity index (χ4n) is 2.82. The van der Waals surface area contributed by atoms with Crippen LogP contribution in [-0.2, 0) is 4.74 Å². The van der Waals surface area contributed by atoms with Crippen LogP contribution >= 0.6 is 0 Å². The van der Waals surface area contributed by atoms with E-state index in [-0.39, 0.29) is 11.8 Å². The van der Waals surface area contributed by atoms with Crippen LogP contribution < -0.4 is 5.32 Å². The Morgan fingerprint density at radius 2 is 2.17 bits per heavy atom. The quantitative estimate of drug-likeness (QED) is 0.833. The Morgan fingerprint density at radius 3 is 2.83 bits per heavy atom. The molecular weight excluding hydrogens is 292 g/mol. The van der Waals surface area contributed by atoms with E-state index in [9.17, 15) is 9.90 Å². The van der Waals surface area contributed by atoms with E-state index in [4.69, 9.17) is 4.74 Å². The minimum absolute atomic E-state index is 0.219. The van der Waals surface area contributed by atoms with Crippen LogP contribution in [-0.4, -0.2) is 41.3 Å². The topological polar surface area (TPSA) is 61.8 Å². The van der Waals surface area contributed by atoms with Crippen molar-refractivity contribution in [3.63, 3.8) is 0 Å². The number of phenols is 1. The van der Waals surface area contributed by atoms with Crippen LogP contribution in [0.5, 0.6) is 5.75 Å². The van der Waals surface area contributed by atoms with Crippen LogP contribution in [0.1, 0.15) is 39.2 Å². The van der Waals surface area contributed by atoms with Gasteiger partial charge in [0.1, 0.15) is 11.4 Å². The van der Waals surface area contributed by atoms with Gasteiger partial charge in [-0.2, -0.15) is 0 Å². The molecule has 0 aliphatic carbocycles. The largest absolute Gasteiger partial charge is 0.508 e. The molecule has 0 spiro atoms. The first-order chi connectivity index (χ1) is 10.7. The summed E-state index contributed by atoms with van der Waals surface area (Å²) in [5.41, 5.74) is 1.59. The second-order valence-corrected chi connectivity index (χ2v) is 7.31. The molecule has 5 heteroatoms. The number of amides is 1. The summed E-state index contributed by atoms with van der Waals surface area (Å²) in [6.07, 6.45) is 1.88. The number of anilines is 1.